The number of hydrogen-bond donors (Lipinski definition) is 1. The molecule has 17 heavy (non-hydrogen) atoms. The number of hydrogen-bond acceptors (Lipinski definition) is 3. The first-order valence-electron chi connectivity index (χ1n) is 5.93. The summed E-state index contributed by atoms with van der Waals surface area (Å²) in [4.78, 5) is 25.0. The molecule has 2 rings (SSSR count). The molecular weight excluding hydrogens is 220 g/mol. The average molecular weight is 238 g/mol. The molecule has 94 valence electrons. The molecular formula is C12H18N2O3. The SMILES string of the molecule is COCC1=CCN(C(=O)C2CNC(=O)C2)CC1. The van der Waals surface area contributed by atoms with E-state index < -0.39 is 0 Å². The van der Waals surface area contributed by atoms with Crippen molar-refractivity contribution in [2.45, 2.75) is 12.8 Å². The maximum atomic E-state index is 12.1. The van der Waals surface area contributed by atoms with Crippen LogP contribution in [0.25, 0.3) is 0 Å². The second-order valence-corrected chi connectivity index (χ2v) is 4.53. The minimum absolute atomic E-state index is 0.0176. The normalized spacial score (nSPS) is 24.5. The summed E-state index contributed by atoms with van der Waals surface area (Å²) in [6, 6.07) is 0. The number of nitrogens with one attached hydrogen (secondary N) is 1. The molecule has 2 heterocycles. The third kappa shape index (κ3) is 2.85. The van der Waals surface area contributed by atoms with Crippen LogP contribution in [-0.2, 0) is 14.3 Å². The molecule has 0 aliphatic carbocycles. The van der Waals surface area contributed by atoms with Gasteiger partial charge in [0.15, 0.2) is 0 Å². The van der Waals surface area contributed by atoms with Crippen molar-refractivity contribution in [3.8, 4) is 0 Å². The van der Waals surface area contributed by atoms with Gasteiger partial charge in [-0.1, -0.05) is 6.08 Å². The van der Waals surface area contributed by atoms with Gasteiger partial charge in [-0.2, -0.15) is 0 Å². The van der Waals surface area contributed by atoms with E-state index in [0.29, 0.717) is 26.1 Å². The lowest BCUT2D eigenvalue weighted by Crippen LogP contribution is -2.40. The van der Waals surface area contributed by atoms with Gasteiger partial charge in [0.05, 0.1) is 12.5 Å². The van der Waals surface area contributed by atoms with Crippen molar-refractivity contribution in [2.75, 3.05) is 33.4 Å². The van der Waals surface area contributed by atoms with Gasteiger partial charge >= 0.3 is 0 Å². The van der Waals surface area contributed by atoms with Gasteiger partial charge in [0.25, 0.3) is 0 Å². The van der Waals surface area contributed by atoms with Crippen LogP contribution < -0.4 is 5.32 Å². The highest BCUT2D eigenvalue weighted by Gasteiger charge is 2.31. The molecule has 0 radical (unpaired) electrons. The molecule has 0 saturated carbocycles. The van der Waals surface area contributed by atoms with Crippen LogP contribution >= 0.6 is 0 Å². The summed E-state index contributed by atoms with van der Waals surface area (Å²) in [5, 5.41) is 2.70. The maximum Gasteiger partial charge on any atom is 0.228 e. The lowest BCUT2D eigenvalue weighted by atomic mass is 10.0. The first-order valence-corrected chi connectivity index (χ1v) is 5.93. The van der Waals surface area contributed by atoms with E-state index in [0.717, 1.165) is 13.0 Å². The van der Waals surface area contributed by atoms with E-state index >= 15 is 0 Å². The number of nitrogens with zero attached hydrogens (tertiary/aromatic N) is 1. The van der Waals surface area contributed by atoms with Crippen LogP contribution in [-0.4, -0.2) is 50.1 Å². The van der Waals surface area contributed by atoms with Crippen LogP contribution in [0.3, 0.4) is 0 Å². The van der Waals surface area contributed by atoms with Gasteiger partial charge in [0.2, 0.25) is 11.8 Å². The Morgan fingerprint density at radius 1 is 1.65 bits per heavy atom. The van der Waals surface area contributed by atoms with Gasteiger partial charge in [-0.3, -0.25) is 9.59 Å². The van der Waals surface area contributed by atoms with E-state index in [-0.39, 0.29) is 17.7 Å². The molecule has 0 aromatic heterocycles. The van der Waals surface area contributed by atoms with Gasteiger partial charge in [-0.25, -0.2) is 0 Å². The summed E-state index contributed by atoms with van der Waals surface area (Å²) >= 11 is 0. The van der Waals surface area contributed by atoms with Crippen LogP contribution in [0.1, 0.15) is 12.8 Å². The Kier molecular flexibility index (Phi) is 3.78. The van der Waals surface area contributed by atoms with Crippen molar-refractivity contribution in [3.63, 3.8) is 0 Å². The molecule has 1 fully saturated rings. The Balaban J connectivity index is 1.88. The Labute approximate surface area is 101 Å². The summed E-state index contributed by atoms with van der Waals surface area (Å²) in [7, 11) is 1.67. The monoisotopic (exact) mass is 238 g/mol. The van der Waals surface area contributed by atoms with Crippen LogP contribution in [0.5, 0.6) is 0 Å². The predicted molar refractivity (Wildman–Crippen MR) is 62.3 cm³/mol. The van der Waals surface area contributed by atoms with Crippen molar-refractivity contribution in [3.05, 3.63) is 11.6 Å². The Morgan fingerprint density at radius 3 is 3.00 bits per heavy atom. The summed E-state index contributed by atoms with van der Waals surface area (Å²) in [6.45, 7) is 2.51. The van der Waals surface area contributed by atoms with Gasteiger partial charge in [-0.05, 0) is 12.0 Å². The van der Waals surface area contributed by atoms with E-state index in [1.165, 1.54) is 5.57 Å². The van der Waals surface area contributed by atoms with Crippen molar-refractivity contribution in [2.24, 2.45) is 5.92 Å². The Bertz CT molecular complexity index is 352. The third-order valence-electron chi connectivity index (χ3n) is 3.27. The zero-order valence-electron chi connectivity index (χ0n) is 10.1. The molecule has 2 amide bonds. The molecule has 0 aromatic rings. The van der Waals surface area contributed by atoms with Gasteiger partial charge in [0.1, 0.15) is 0 Å². The summed E-state index contributed by atoms with van der Waals surface area (Å²) in [5.41, 5.74) is 1.25. The van der Waals surface area contributed by atoms with Crippen LogP contribution in [0.4, 0.5) is 0 Å². The second-order valence-electron chi connectivity index (χ2n) is 4.53. The first-order chi connectivity index (χ1) is 8.20. The molecule has 2 aliphatic heterocycles. The summed E-state index contributed by atoms with van der Waals surface area (Å²) in [5.74, 6) is -0.0908. The standard InChI is InChI=1S/C12H18N2O3/c1-17-8-9-2-4-14(5-3-9)12(16)10-6-11(15)13-7-10/h2,10H,3-8H2,1H3,(H,13,15). The summed E-state index contributed by atoms with van der Waals surface area (Å²) in [6.07, 6.45) is 3.26. The van der Waals surface area contributed by atoms with E-state index in [4.69, 9.17) is 4.74 Å². The fraction of sp³-hybridized carbons (Fsp3) is 0.667. The van der Waals surface area contributed by atoms with Gasteiger partial charge in [0, 0.05) is 33.2 Å². The lowest BCUT2D eigenvalue weighted by Gasteiger charge is -2.28. The van der Waals surface area contributed by atoms with Crippen molar-refractivity contribution >= 4 is 11.8 Å². The topological polar surface area (TPSA) is 58.6 Å². The molecule has 0 aromatic carbocycles. The molecule has 0 spiro atoms. The van der Waals surface area contributed by atoms with Crippen LogP contribution in [0, 0.1) is 5.92 Å². The van der Waals surface area contributed by atoms with Crippen molar-refractivity contribution < 1.29 is 14.3 Å². The van der Waals surface area contributed by atoms with E-state index in [9.17, 15) is 9.59 Å². The molecule has 2 aliphatic rings. The molecule has 0 bridgehead atoms. The Hall–Kier alpha value is -1.36. The van der Waals surface area contributed by atoms with Crippen molar-refractivity contribution in [1.29, 1.82) is 0 Å². The van der Waals surface area contributed by atoms with E-state index in [2.05, 4.69) is 11.4 Å². The predicted octanol–water partition coefficient (Wildman–Crippen LogP) is -0.0724. The quantitative estimate of drug-likeness (QED) is 0.700. The molecule has 1 unspecified atom stereocenters. The second kappa shape index (κ2) is 5.31. The number of rotatable bonds is 3. The van der Waals surface area contributed by atoms with Gasteiger partial charge in [-0.15, -0.1) is 0 Å². The van der Waals surface area contributed by atoms with E-state index in [1.54, 1.807) is 7.11 Å². The fourth-order valence-corrected chi connectivity index (χ4v) is 2.27. The van der Waals surface area contributed by atoms with Crippen LogP contribution in [0.2, 0.25) is 0 Å². The Morgan fingerprint density at radius 2 is 2.47 bits per heavy atom. The minimum atomic E-state index is -0.167. The average Bonchev–Trinajstić information content (AvgIpc) is 2.76. The molecule has 1 N–H and O–H groups in total. The zero-order chi connectivity index (χ0) is 12.3. The van der Waals surface area contributed by atoms with E-state index in [1.807, 2.05) is 4.90 Å². The number of carbonyl (C=O) groups is 2. The highest BCUT2D eigenvalue weighted by molar-refractivity contribution is 5.89. The molecule has 5 nitrogen and oxygen atoms in total. The summed E-state index contributed by atoms with van der Waals surface area (Å²) < 4.78 is 5.06. The lowest BCUT2D eigenvalue weighted by molar-refractivity contribution is -0.135. The van der Waals surface area contributed by atoms with Gasteiger partial charge < -0.3 is 15.0 Å². The number of amides is 2. The smallest absolute Gasteiger partial charge is 0.228 e. The molecule has 1 atom stereocenters. The maximum absolute atomic E-state index is 12.1. The zero-order valence-corrected chi connectivity index (χ0v) is 10.1. The number of methoxy groups -OCH3 is 1. The third-order valence-corrected chi connectivity index (χ3v) is 3.27. The van der Waals surface area contributed by atoms with Crippen LogP contribution in [0.15, 0.2) is 11.6 Å². The highest BCUT2D eigenvalue weighted by atomic mass is 16.5. The van der Waals surface area contributed by atoms with Crippen molar-refractivity contribution in [1.82, 2.24) is 10.2 Å². The first kappa shape index (κ1) is 12.1. The fourth-order valence-electron chi connectivity index (χ4n) is 2.27. The number of ether oxygens (including phenoxy) is 1. The largest absolute Gasteiger partial charge is 0.380 e. The minimum Gasteiger partial charge on any atom is -0.380 e. The molecule has 5 heteroatoms. The highest BCUT2D eigenvalue weighted by Crippen LogP contribution is 2.17. The molecule has 1 saturated heterocycles. The number of carbonyl (C=O) groups excluding carboxylic acids is 2.